The Labute approximate surface area is 348 Å². The number of fused-ring (bicyclic) bond motifs is 5. The van der Waals surface area contributed by atoms with Crippen LogP contribution in [-0.2, 0) is 29.1 Å². The van der Waals surface area contributed by atoms with Crippen molar-refractivity contribution in [1.29, 1.82) is 0 Å². The SMILES string of the molecule is CC1(S(=O)(=O)NC(=O)[C@@]23C[C@H]2C=CCCCCC[C@H](NC(=O)OC2CCCC2)C(=O)N2C[C@H](Oc4cc(-c5ccccc5)nc5c6ccccc6nn45)C[C@H]2C(=O)N3)CC1. The first-order valence-corrected chi connectivity index (χ1v) is 22.8. The summed E-state index contributed by atoms with van der Waals surface area (Å²) in [4.78, 5) is 63.1. The molecule has 15 nitrogen and oxygen atoms in total. The van der Waals surface area contributed by atoms with Crippen molar-refractivity contribution in [2.75, 3.05) is 6.54 Å². The normalized spacial score (nSPS) is 27.0. The molecule has 0 unspecified atom stereocenters. The molecule has 4 amide bonds. The summed E-state index contributed by atoms with van der Waals surface area (Å²) in [5.74, 6) is -1.97. The Bertz CT molecular complexity index is 2460. The van der Waals surface area contributed by atoms with Crippen LogP contribution in [0, 0.1) is 5.92 Å². The number of amides is 4. The topological polar surface area (TPSA) is 190 Å². The van der Waals surface area contributed by atoms with E-state index >= 15 is 0 Å². The molecule has 4 aromatic rings. The molecule has 0 radical (unpaired) electrons. The minimum Gasteiger partial charge on any atom is -0.472 e. The quantitative estimate of drug-likeness (QED) is 0.196. The minimum atomic E-state index is -4.00. The third-order valence-corrected chi connectivity index (χ3v) is 15.1. The number of rotatable bonds is 8. The number of allylic oxidation sites excluding steroid dienone is 1. The molecule has 1 saturated heterocycles. The molecule has 3 N–H and O–H groups in total. The maximum Gasteiger partial charge on any atom is 0.408 e. The van der Waals surface area contributed by atoms with Crippen molar-refractivity contribution in [3.05, 3.63) is 72.8 Å². The van der Waals surface area contributed by atoms with Gasteiger partial charge in [0, 0.05) is 29.4 Å². The van der Waals surface area contributed by atoms with Crippen LogP contribution in [0.15, 0.2) is 72.8 Å². The number of alkyl carbamates (subject to hydrolysis) is 1. The van der Waals surface area contributed by atoms with Crippen LogP contribution in [0.5, 0.6) is 5.88 Å². The van der Waals surface area contributed by atoms with Gasteiger partial charge in [-0.3, -0.25) is 19.1 Å². The lowest BCUT2D eigenvalue weighted by molar-refractivity contribution is -0.141. The smallest absolute Gasteiger partial charge is 0.408 e. The second kappa shape index (κ2) is 15.8. The van der Waals surface area contributed by atoms with Gasteiger partial charge in [0.05, 0.1) is 22.5 Å². The number of nitrogens with zero attached hydrogens (tertiary/aromatic N) is 4. The summed E-state index contributed by atoms with van der Waals surface area (Å²) >= 11 is 0. The predicted molar refractivity (Wildman–Crippen MR) is 222 cm³/mol. The standard InChI is InChI=1S/C44H51N7O8S/c1-43(22-23-43)60(56,57)49-41(54)44-26-29(44)16-8-3-2-4-9-21-34(46-42(55)59-30-17-10-11-18-30)40(53)50-27-31(24-36(50)39(52)47-44)58-37-25-35(28-14-6-5-7-15-28)45-38-32-19-12-13-20-33(32)48-51(37)38/h5-8,12-16,19-20,25,29-31,34,36H,2-4,9-11,17-18,21-24,26-27H2,1H3,(H,46,55)(H,47,52)(H,49,54)/t29-,31-,34+,36+,44-/m1/s1. The number of ether oxygens (including phenoxy) is 2. The molecule has 3 aliphatic carbocycles. The van der Waals surface area contributed by atoms with Gasteiger partial charge in [0.2, 0.25) is 27.7 Å². The number of benzene rings is 2. The average Bonchev–Trinajstić information content (AvgIpc) is 3.89. The number of nitrogens with one attached hydrogen (secondary N) is 3. The lowest BCUT2D eigenvalue weighted by atomic mass is 10.0. The van der Waals surface area contributed by atoms with Gasteiger partial charge in [-0.25, -0.2) is 18.2 Å². The van der Waals surface area contributed by atoms with Crippen molar-refractivity contribution in [3.8, 4) is 17.1 Å². The monoisotopic (exact) mass is 837 g/mol. The number of carbonyl (C=O) groups is 4. The van der Waals surface area contributed by atoms with Crippen LogP contribution in [0.1, 0.15) is 90.4 Å². The Morgan fingerprint density at radius 3 is 2.47 bits per heavy atom. The maximum absolute atomic E-state index is 14.8. The summed E-state index contributed by atoms with van der Waals surface area (Å²) in [5, 5.41) is 11.4. The first kappa shape index (κ1) is 39.9. The molecular formula is C44H51N7O8S. The Morgan fingerprint density at radius 1 is 0.933 bits per heavy atom. The summed E-state index contributed by atoms with van der Waals surface area (Å²) in [5.41, 5.74) is 1.26. The number of carbonyl (C=O) groups excluding carboxylic acids is 4. The minimum absolute atomic E-state index is 0.0205. The Kier molecular flexibility index (Phi) is 10.5. The van der Waals surface area contributed by atoms with Gasteiger partial charge in [-0.05, 0) is 83.3 Å². The number of hydrogen-bond donors (Lipinski definition) is 3. The molecule has 4 fully saturated rings. The van der Waals surface area contributed by atoms with Gasteiger partial charge in [0.25, 0.3) is 5.91 Å². The number of aromatic nitrogens is 3. The third kappa shape index (κ3) is 7.81. The first-order chi connectivity index (χ1) is 28.9. The van der Waals surface area contributed by atoms with Crippen molar-refractivity contribution >= 4 is 50.4 Å². The molecule has 316 valence electrons. The van der Waals surface area contributed by atoms with Gasteiger partial charge in [0.1, 0.15) is 29.8 Å². The lowest BCUT2D eigenvalue weighted by Crippen LogP contribution is -2.58. The van der Waals surface area contributed by atoms with Crippen molar-refractivity contribution in [3.63, 3.8) is 0 Å². The van der Waals surface area contributed by atoms with Crippen LogP contribution in [0.4, 0.5) is 4.79 Å². The van der Waals surface area contributed by atoms with E-state index in [9.17, 15) is 27.6 Å². The van der Waals surface area contributed by atoms with E-state index in [2.05, 4.69) is 15.4 Å². The van der Waals surface area contributed by atoms with Crippen LogP contribution in [-0.4, -0.2) is 92.9 Å². The molecule has 0 spiro atoms. The van der Waals surface area contributed by atoms with E-state index < -0.39 is 68.2 Å². The predicted octanol–water partition coefficient (Wildman–Crippen LogP) is 5.33. The zero-order valence-electron chi connectivity index (χ0n) is 33.7. The maximum atomic E-state index is 14.8. The highest BCUT2D eigenvalue weighted by molar-refractivity contribution is 7.91. The molecule has 60 heavy (non-hydrogen) atoms. The summed E-state index contributed by atoms with van der Waals surface area (Å²) in [6.45, 7) is 1.58. The largest absolute Gasteiger partial charge is 0.472 e. The Hall–Kier alpha value is -5.51. The van der Waals surface area contributed by atoms with Crippen LogP contribution < -0.4 is 20.1 Å². The molecule has 2 aromatic heterocycles. The molecule has 2 aromatic carbocycles. The van der Waals surface area contributed by atoms with Gasteiger partial charge in [-0.1, -0.05) is 67.5 Å². The van der Waals surface area contributed by atoms with Gasteiger partial charge >= 0.3 is 6.09 Å². The van der Waals surface area contributed by atoms with Gasteiger partial charge in [0.15, 0.2) is 5.65 Å². The van der Waals surface area contributed by atoms with Crippen molar-refractivity contribution in [1.82, 2.24) is 34.9 Å². The fourth-order valence-electron chi connectivity index (χ4n) is 8.90. The van der Waals surface area contributed by atoms with Gasteiger partial charge in [-0.15, -0.1) is 0 Å². The second-order valence-electron chi connectivity index (χ2n) is 17.3. The molecule has 5 atom stereocenters. The molecular weight excluding hydrogens is 787 g/mol. The first-order valence-electron chi connectivity index (χ1n) is 21.3. The van der Waals surface area contributed by atoms with Crippen LogP contribution in [0.3, 0.4) is 0 Å². The van der Waals surface area contributed by atoms with Crippen LogP contribution >= 0.6 is 0 Å². The zero-order valence-corrected chi connectivity index (χ0v) is 34.5. The second-order valence-corrected chi connectivity index (χ2v) is 19.5. The highest BCUT2D eigenvalue weighted by Gasteiger charge is 2.63. The van der Waals surface area contributed by atoms with E-state index in [1.165, 1.54) is 4.90 Å². The van der Waals surface area contributed by atoms with Crippen LogP contribution in [0.2, 0.25) is 0 Å². The van der Waals surface area contributed by atoms with Gasteiger partial charge < -0.3 is 25.0 Å². The van der Waals surface area contributed by atoms with E-state index in [-0.39, 0.29) is 25.5 Å². The highest BCUT2D eigenvalue weighted by Crippen LogP contribution is 2.47. The van der Waals surface area contributed by atoms with E-state index in [1.807, 2.05) is 66.7 Å². The van der Waals surface area contributed by atoms with E-state index in [1.54, 1.807) is 17.5 Å². The van der Waals surface area contributed by atoms with E-state index in [4.69, 9.17) is 19.6 Å². The van der Waals surface area contributed by atoms with Gasteiger partial charge in [-0.2, -0.15) is 9.61 Å². The average molecular weight is 838 g/mol. The fourth-order valence-corrected chi connectivity index (χ4v) is 10.2. The molecule has 3 saturated carbocycles. The third-order valence-electron chi connectivity index (χ3n) is 12.9. The Balaban J connectivity index is 1.05. The van der Waals surface area contributed by atoms with Crippen LogP contribution in [0.25, 0.3) is 27.8 Å². The highest BCUT2D eigenvalue weighted by atomic mass is 32.2. The number of sulfonamides is 1. The lowest BCUT2D eigenvalue weighted by Gasteiger charge is -2.30. The summed E-state index contributed by atoms with van der Waals surface area (Å²) < 4.78 is 41.9. The summed E-state index contributed by atoms with van der Waals surface area (Å²) in [6.07, 6.45) is 10.0. The molecule has 16 heteroatoms. The molecule has 5 aliphatic rings. The summed E-state index contributed by atoms with van der Waals surface area (Å²) in [7, 11) is -4.00. The number of hydrogen-bond acceptors (Lipinski definition) is 10. The van der Waals surface area contributed by atoms with E-state index in [0.717, 1.165) is 49.5 Å². The van der Waals surface area contributed by atoms with E-state index in [0.29, 0.717) is 54.8 Å². The molecule has 2 aliphatic heterocycles. The molecule has 0 bridgehead atoms. The van der Waals surface area contributed by atoms with Crippen molar-refractivity contribution in [2.24, 2.45) is 5.92 Å². The molecule has 4 heterocycles. The Morgan fingerprint density at radius 2 is 1.68 bits per heavy atom. The molecule has 9 rings (SSSR count). The fraction of sp³-hybridized carbons (Fsp3) is 0.500. The van der Waals surface area contributed by atoms with Crippen molar-refractivity contribution in [2.45, 2.75) is 125 Å². The zero-order chi connectivity index (χ0) is 41.6. The van der Waals surface area contributed by atoms with Crippen molar-refractivity contribution < 1.29 is 37.1 Å². The summed E-state index contributed by atoms with van der Waals surface area (Å²) in [6, 6.07) is 17.0.